The molecule has 0 aliphatic heterocycles. The van der Waals surface area contributed by atoms with Gasteiger partial charge in [0, 0.05) is 19.3 Å². The number of unbranched alkanes of at least 4 members (excludes halogenated alkanes) is 33. The van der Waals surface area contributed by atoms with Gasteiger partial charge in [0.05, 0.1) is 0 Å². The van der Waals surface area contributed by atoms with Crippen molar-refractivity contribution in [3.8, 4) is 0 Å². The molecule has 0 rings (SSSR count). The topological polar surface area (TPSA) is 78.9 Å². The summed E-state index contributed by atoms with van der Waals surface area (Å²) in [5.41, 5.74) is 0. The van der Waals surface area contributed by atoms with Gasteiger partial charge in [-0.25, -0.2) is 0 Å². The van der Waals surface area contributed by atoms with Gasteiger partial charge in [-0.3, -0.25) is 14.4 Å². The molecular formula is C51H98O6. The second-order valence-corrected chi connectivity index (χ2v) is 17.9. The Morgan fingerprint density at radius 2 is 0.579 bits per heavy atom. The molecule has 0 aliphatic carbocycles. The Morgan fingerprint density at radius 1 is 0.333 bits per heavy atom. The van der Waals surface area contributed by atoms with E-state index in [4.69, 9.17) is 14.2 Å². The van der Waals surface area contributed by atoms with E-state index in [1.807, 2.05) is 0 Å². The van der Waals surface area contributed by atoms with Crippen LogP contribution < -0.4 is 0 Å². The maximum absolute atomic E-state index is 12.8. The third kappa shape index (κ3) is 45.3. The van der Waals surface area contributed by atoms with Gasteiger partial charge in [0.15, 0.2) is 6.10 Å². The van der Waals surface area contributed by atoms with E-state index >= 15 is 0 Å². The van der Waals surface area contributed by atoms with Crippen LogP contribution in [0, 0.1) is 5.92 Å². The maximum Gasteiger partial charge on any atom is 0.306 e. The Morgan fingerprint density at radius 3 is 0.860 bits per heavy atom. The third-order valence-electron chi connectivity index (χ3n) is 11.5. The van der Waals surface area contributed by atoms with E-state index in [0.29, 0.717) is 19.3 Å². The molecule has 0 aromatic rings. The quantitative estimate of drug-likeness (QED) is 0.0346. The van der Waals surface area contributed by atoms with Crippen LogP contribution in [0.3, 0.4) is 0 Å². The highest BCUT2D eigenvalue weighted by Gasteiger charge is 2.19. The summed E-state index contributed by atoms with van der Waals surface area (Å²) in [6.07, 6.45) is 46.6. The fourth-order valence-electron chi connectivity index (χ4n) is 7.69. The van der Waals surface area contributed by atoms with Crippen molar-refractivity contribution < 1.29 is 28.6 Å². The molecule has 0 spiro atoms. The number of hydrogen-bond donors (Lipinski definition) is 0. The van der Waals surface area contributed by atoms with Gasteiger partial charge in [-0.2, -0.15) is 0 Å². The van der Waals surface area contributed by atoms with Gasteiger partial charge in [-0.15, -0.1) is 0 Å². The van der Waals surface area contributed by atoms with Crippen molar-refractivity contribution in [2.45, 2.75) is 291 Å². The van der Waals surface area contributed by atoms with Crippen LogP contribution in [0.4, 0.5) is 0 Å². The molecule has 57 heavy (non-hydrogen) atoms. The van der Waals surface area contributed by atoms with Crippen LogP contribution >= 0.6 is 0 Å². The molecular weight excluding hydrogens is 709 g/mol. The summed E-state index contributed by atoms with van der Waals surface area (Å²) in [4.78, 5) is 37.8. The minimum Gasteiger partial charge on any atom is -0.462 e. The van der Waals surface area contributed by atoms with Crippen molar-refractivity contribution in [3.05, 3.63) is 0 Å². The first-order chi connectivity index (χ1) is 27.9. The highest BCUT2D eigenvalue weighted by molar-refractivity contribution is 5.71. The van der Waals surface area contributed by atoms with Crippen LogP contribution in [-0.2, 0) is 28.6 Å². The predicted molar refractivity (Wildman–Crippen MR) is 243 cm³/mol. The summed E-state index contributed by atoms with van der Waals surface area (Å²) in [6.45, 7) is 9.01. The molecule has 0 N–H and O–H groups in total. The Balaban J connectivity index is 4.27. The van der Waals surface area contributed by atoms with Crippen molar-refractivity contribution in [2.75, 3.05) is 13.2 Å². The molecule has 0 amide bonds. The summed E-state index contributed by atoms with van der Waals surface area (Å²) >= 11 is 0. The molecule has 338 valence electrons. The number of carbonyl (C=O) groups is 3. The van der Waals surface area contributed by atoms with Crippen LogP contribution in [0.25, 0.3) is 0 Å². The molecule has 0 aromatic heterocycles. The summed E-state index contributed by atoms with van der Waals surface area (Å²) in [5.74, 6) is -0.0159. The van der Waals surface area contributed by atoms with Crippen molar-refractivity contribution in [2.24, 2.45) is 5.92 Å². The Kier molecular flexibility index (Phi) is 44.2. The van der Waals surface area contributed by atoms with E-state index in [2.05, 4.69) is 27.7 Å². The third-order valence-corrected chi connectivity index (χ3v) is 11.5. The minimum absolute atomic E-state index is 0.0629. The number of esters is 3. The lowest BCUT2D eigenvalue weighted by molar-refractivity contribution is -0.167. The van der Waals surface area contributed by atoms with E-state index in [-0.39, 0.29) is 31.1 Å². The van der Waals surface area contributed by atoms with E-state index < -0.39 is 6.10 Å². The summed E-state index contributed by atoms with van der Waals surface area (Å²) in [5, 5.41) is 0. The molecule has 0 aliphatic rings. The van der Waals surface area contributed by atoms with Crippen LogP contribution in [0.5, 0.6) is 0 Å². The monoisotopic (exact) mass is 807 g/mol. The fourth-order valence-corrected chi connectivity index (χ4v) is 7.69. The Bertz CT molecular complexity index is 857. The predicted octanol–water partition coefficient (Wildman–Crippen LogP) is 16.3. The lowest BCUT2D eigenvalue weighted by Gasteiger charge is -2.18. The lowest BCUT2D eigenvalue weighted by atomic mass is 10.0. The molecule has 0 fully saturated rings. The number of ether oxygens (including phenoxy) is 3. The first-order valence-electron chi connectivity index (χ1n) is 25.4. The average Bonchev–Trinajstić information content (AvgIpc) is 3.19. The van der Waals surface area contributed by atoms with E-state index in [1.54, 1.807) is 0 Å². The average molecular weight is 807 g/mol. The Hall–Kier alpha value is -1.59. The maximum atomic E-state index is 12.8. The van der Waals surface area contributed by atoms with Crippen LogP contribution in [0.2, 0.25) is 0 Å². The van der Waals surface area contributed by atoms with Gasteiger partial charge < -0.3 is 14.2 Å². The van der Waals surface area contributed by atoms with Gasteiger partial charge in [0.2, 0.25) is 0 Å². The van der Waals surface area contributed by atoms with Gasteiger partial charge in [-0.05, 0) is 25.2 Å². The zero-order valence-corrected chi connectivity index (χ0v) is 38.8. The number of carbonyl (C=O) groups excluding carboxylic acids is 3. The molecule has 0 bridgehead atoms. The molecule has 0 aromatic carbocycles. The summed E-state index contributed by atoms with van der Waals surface area (Å²) in [6, 6.07) is 0. The first-order valence-corrected chi connectivity index (χ1v) is 25.4. The highest BCUT2D eigenvalue weighted by atomic mass is 16.6. The number of rotatable bonds is 46. The molecule has 0 saturated heterocycles. The van der Waals surface area contributed by atoms with Gasteiger partial charge >= 0.3 is 17.9 Å². The van der Waals surface area contributed by atoms with Crippen molar-refractivity contribution in [3.63, 3.8) is 0 Å². The van der Waals surface area contributed by atoms with Crippen LogP contribution in [0.15, 0.2) is 0 Å². The standard InChI is InChI=1S/C51H98O6/c1-5-7-9-11-13-15-16-17-18-19-23-27-31-35-39-43-50(53)56-46-48(45-55-49(52)42-38-34-30-25-14-12-10-8-6-2)57-51(54)44-40-36-32-28-24-21-20-22-26-29-33-37-41-47(3)4/h47-48H,5-46H2,1-4H3/t48-/m1/s1. The Labute approximate surface area is 355 Å². The highest BCUT2D eigenvalue weighted by Crippen LogP contribution is 2.17. The van der Waals surface area contributed by atoms with Crippen molar-refractivity contribution in [1.82, 2.24) is 0 Å². The van der Waals surface area contributed by atoms with E-state index in [0.717, 1.165) is 63.7 Å². The zero-order chi connectivity index (χ0) is 41.7. The van der Waals surface area contributed by atoms with Gasteiger partial charge in [-0.1, -0.05) is 246 Å². The molecule has 0 saturated carbocycles. The van der Waals surface area contributed by atoms with E-state index in [9.17, 15) is 14.4 Å². The second-order valence-electron chi connectivity index (χ2n) is 17.9. The molecule has 0 heterocycles. The first kappa shape index (κ1) is 55.4. The molecule has 6 nitrogen and oxygen atoms in total. The fraction of sp³-hybridized carbons (Fsp3) is 0.941. The normalized spacial score (nSPS) is 11.9. The summed E-state index contributed by atoms with van der Waals surface area (Å²) < 4.78 is 16.8. The lowest BCUT2D eigenvalue weighted by Crippen LogP contribution is -2.30. The van der Waals surface area contributed by atoms with Crippen molar-refractivity contribution >= 4 is 17.9 Å². The summed E-state index contributed by atoms with van der Waals surface area (Å²) in [7, 11) is 0. The smallest absolute Gasteiger partial charge is 0.306 e. The largest absolute Gasteiger partial charge is 0.462 e. The van der Waals surface area contributed by atoms with Gasteiger partial charge in [0.25, 0.3) is 0 Å². The molecule has 0 unspecified atom stereocenters. The zero-order valence-electron chi connectivity index (χ0n) is 38.8. The molecule has 0 radical (unpaired) electrons. The van der Waals surface area contributed by atoms with E-state index in [1.165, 1.54) is 180 Å². The van der Waals surface area contributed by atoms with Crippen molar-refractivity contribution in [1.29, 1.82) is 0 Å². The van der Waals surface area contributed by atoms with Crippen LogP contribution in [-0.4, -0.2) is 37.2 Å². The van der Waals surface area contributed by atoms with Crippen LogP contribution in [0.1, 0.15) is 285 Å². The minimum atomic E-state index is -0.759. The molecule has 1 atom stereocenters. The second kappa shape index (κ2) is 45.5. The SMILES string of the molecule is CCCCCCCCCCCCCCCCCC(=O)OC[C@@H](COC(=O)CCCCCCCCCCC)OC(=O)CCCCCCCCCCCCCCC(C)C. The van der Waals surface area contributed by atoms with Gasteiger partial charge in [0.1, 0.15) is 13.2 Å². The molecule has 6 heteroatoms. The number of hydrogen-bond acceptors (Lipinski definition) is 6.